The van der Waals surface area contributed by atoms with Crippen molar-refractivity contribution in [1.29, 1.82) is 0 Å². The third-order valence-electron chi connectivity index (χ3n) is 2.71. The summed E-state index contributed by atoms with van der Waals surface area (Å²) in [6, 6.07) is 0. The molecule has 1 rings (SSSR count). The summed E-state index contributed by atoms with van der Waals surface area (Å²) in [7, 11) is 0. The van der Waals surface area contributed by atoms with Gasteiger partial charge in [-0.1, -0.05) is 19.8 Å². The molecule has 1 fully saturated rings. The van der Waals surface area contributed by atoms with Gasteiger partial charge in [0.05, 0.1) is 0 Å². The van der Waals surface area contributed by atoms with E-state index in [4.69, 9.17) is 0 Å². The van der Waals surface area contributed by atoms with E-state index in [9.17, 15) is 13.2 Å². The van der Waals surface area contributed by atoms with E-state index in [1.807, 2.05) is 6.92 Å². The molecule has 78 valence electrons. The third kappa shape index (κ3) is 2.16. The second-order valence-corrected chi connectivity index (χ2v) is 3.71. The minimum absolute atomic E-state index is 0.247. The molecule has 0 aromatic rings. The Morgan fingerprint density at radius 2 is 1.77 bits per heavy atom. The number of rotatable bonds is 3. The molecule has 0 radical (unpaired) electrons. The summed E-state index contributed by atoms with van der Waals surface area (Å²) in [5.74, 6) is 0. The lowest BCUT2D eigenvalue weighted by Gasteiger charge is -2.32. The largest absolute Gasteiger partial charge is 0.406 e. The minimum atomic E-state index is -4.08. The van der Waals surface area contributed by atoms with Crippen LogP contribution in [-0.2, 0) is 0 Å². The Labute approximate surface area is 76.7 Å². The van der Waals surface area contributed by atoms with Gasteiger partial charge in [-0.25, -0.2) is 0 Å². The third-order valence-corrected chi connectivity index (χ3v) is 2.71. The van der Waals surface area contributed by atoms with Crippen LogP contribution < -0.4 is 5.32 Å². The standard InChI is InChI=1S/C9H16F3N/c1-2-7-13-8(9(10,11)12)5-3-4-6-8/h13H,2-7H2,1H3. The molecule has 0 atom stereocenters. The van der Waals surface area contributed by atoms with Crippen LogP contribution in [0.3, 0.4) is 0 Å². The van der Waals surface area contributed by atoms with Gasteiger partial charge in [-0.2, -0.15) is 13.2 Å². The average molecular weight is 195 g/mol. The Morgan fingerprint density at radius 3 is 2.15 bits per heavy atom. The van der Waals surface area contributed by atoms with Crippen LogP contribution >= 0.6 is 0 Å². The van der Waals surface area contributed by atoms with E-state index in [1.165, 1.54) is 0 Å². The van der Waals surface area contributed by atoms with Gasteiger partial charge in [0.15, 0.2) is 0 Å². The Balaban J connectivity index is 2.64. The Kier molecular flexibility index (Phi) is 3.22. The zero-order chi connectivity index (χ0) is 9.95. The summed E-state index contributed by atoms with van der Waals surface area (Å²) >= 11 is 0. The minimum Gasteiger partial charge on any atom is -0.304 e. The molecular weight excluding hydrogens is 179 g/mol. The molecule has 0 aliphatic heterocycles. The van der Waals surface area contributed by atoms with Crippen molar-refractivity contribution in [1.82, 2.24) is 5.32 Å². The van der Waals surface area contributed by atoms with Crippen molar-refractivity contribution in [3.63, 3.8) is 0 Å². The molecule has 1 N–H and O–H groups in total. The Hall–Kier alpha value is -0.250. The lowest BCUT2D eigenvalue weighted by atomic mass is 9.97. The van der Waals surface area contributed by atoms with Gasteiger partial charge in [-0.3, -0.25) is 0 Å². The first-order chi connectivity index (χ1) is 6.02. The van der Waals surface area contributed by atoms with Crippen LogP contribution in [-0.4, -0.2) is 18.3 Å². The summed E-state index contributed by atoms with van der Waals surface area (Å²) in [6.07, 6.45) is -1.46. The molecule has 4 heteroatoms. The van der Waals surface area contributed by atoms with E-state index in [0.29, 0.717) is 19.4 Å². The van der Waals surface area contributed by atoms with Gasteiger partial charge in [-0.15, -0.1) is 0 Å². The van der Waals surface area contributed by atoms with Gasteiger partial charge >= 0.3 is 6.18 Å². The maximum absolute atomic E-state index is 12.7. The number of nitrogens with one attached hydrogen (secondary N) is 1. The zero-order valence-electron chi connectivity index (χ0n) is 7.88. The molecule has 13 heavy (non-hydrogen) atoms. The van der Waals surface area contributed by atoms with Crippen LogP contribution in [0.4, 0.5) is 13.2 Å². The number of alkyl halides is 3. The molecule has 0 amide bonds. The fourth-order valence-corrected chi connectivity index (χ4v) is 1.90. The first-order valence-corrected chi connectivity index (χ1v) is 4.83. The summed E-state index contributed by atoms with van der Waals surface area (Å²) in [5.41, 5.74) is -1.57. The molecule has 0 aromatic heterocycles. The first-order valence-electron chi connectivity index (χ1n) is 4.83. The Morgan fingerprint density at radius 1 is 1.23 bits per heavy atom. The summed E-state index contributed by atoms with van der Waals surface area (Å²) in [6.45, 7) is 2.34. The molecule has 1 saturated carbocycles. The van der Waals surface area contributed by atoms with Gasteiger partial charge in [0, 0.05) is 0 Å². The van der Waals surface area contributed by atoms with Crippen molar-refractivity contribution in [3.8, 4) is 0 Å². The van der Waals surface area contributed by atoms with Gasteiger partial charge in [0.1, 0.15) is 5.54 Å². The van der Waals surface area contributed by atoms with Gasteiger partial charge < -0.3 is 5.32 Å². The maximum atomic E-state index is 12.7. The van der Waals surface area contributed by atoms with E-state index >= 15 is 0 Å². The summed E-state index contributed by atoms with van der Waals surface area (Å²) < 4.78 is 38.0. The van der Waals surface area contributed by atoms with Crippen LogP contribution in [0.5, 0.6) is 0 Å². The smallest absolute Gasteiger partial charge is 0.304 e. The highest BCUT2D eigenvalue weighted by molar-refractivity contribution is 4.98. The summed E-state index contributed by atoms with van der Waals surface area (Å²) in [4.78, 5) is 0. The molecule has 0 unspecified atom stereocenters. The van der Waals surface area contributed by atoms with Crippen LogP contribution in [0.15, 0.2) is 0 Å². The van der Waals surface area contributed by atoms with E-state index in [-0.39, 0.29) is 12.8 Å². The second kappa shape index (κ2) is 3.86. The van der Waals surface area contributed by atoms with Gasteiger partial charge in [0.2, 0.25) is 0 Å². The van der Waals surface area contributed by atoms with Crippen LogP contribution in [0.1, 0.15) is 39.0 Å². The topological polar surface area (TPSA) is 12.0 Å². The van der Waals surface area contributed by atoms with Crippen LogP contribution in [0.25, 0.3) is 0 Å². The van der Waals surface area contributed by atoms with Crippen molar-refractivity contribution in [2.45, 2.75) is 50.7 Å². The molecule has 0 spiro atoms. The maximum Gasteiger partial charge on any atom is 0.406 e. The lowest BCUT2D eigenvalue weighted by molar-refractivity contribution is -0.194. The van der Waals surface area contributed by atoms with E-state index < -0.39 is 11.7 Å². The highest BCUT2D eigenvalue weighted by atomic mass is 19.4. The molecule has 0 aromatic carbocycles. The van der Waals surface area contributed by atoms with Gasteiger partial charge in [0.25, 0.3) is 0 Å². The SMILES string of the molecule is CCCNC1(C(F)(F)F)CCCC1. The average Bonchev–Trinajstić information content (AvgIpc) is 2.48. The Bertz CT molecular complexity index is 159. The second-order valence-electron chi connectivity index (χ2n) is 3.71. The van der Waals surface area contributed by atoms with Crippen molar-refractivity contribution in [3.05, 3.63) is 0 Å². The number of halogens is 3. The summed E-state index contributed by atoms with van der Waals surface area (Å²) in [5, 5.41) is 2.66. The zero-order valence-corrected chi connectivity index (χ0v) is 7.88. The highest BCUT2D eigenvalue weighted by Crippen LogP contribution is 2.42. The normalized spacial score (nSPS) is 22.2. The van der Waals surface area contributed by atoms with Crippen molar-refractivity contribution >= 4 is 0 Å². The van der Waals surface area contributed by atoms with E-state index in [1.54, 1.807) is 0 Å². The number of hydrogen-bond acceptors (Lipinski definition) is 1. The highest BCUT2D eigenvalue weighted by Gasteiger charge is 2.55. The fraction of sp³-hybridized carbons (Fsp3) is 1.00. The number of hydrogen-bond donors (Lipinski definition) is 1. The molecule has 1 aliphatic rings. The predicted octanol–water partition coefficient (Wildman–Crippen LogP) is 2.86. The van der Waals surface area contributed by atoms with Crippen LogP contribution in [0, 0.1) is 0 Å². The fourth-order valence-electron chi connectivity index (χ4n) is 1.90. The van der Waals surface area contributed by atoms with Crippen LogP contribution in [0.2, 0.25) is 0 Å². The quantitative estimate of drug-likeness (QED) is 0.730. The van der Waals surface area contributed by atoms with Gasteiger partial charge in [-0.05, 0) is 25.8 Å². The predicted molar refractivity (Wildman–Crippen MR) is 45.5 cm³/mol. The molecule has 1 nitrogen and oxygen atoms in total. The molecule has 0 heterocycles. The first kappa shape index (κ1) is 10.8. The molecular formula is C9H16F3N. The molecule has 0 bridgehead atoms. The monoisotopic (exact) mass is 195 g/mol. The van der Waals surface area contributed by atoms with E-state index in [0.717, 1.165) is 6.42 Å². The lowest BCUT2D eigenvalue weighted by Crippen LogP contribution is -2.54. The van der Waals surface area contributed by atoms with Crippen molar-refractivity contribution < 1.29 is 13.2 Å². The van der Waals surface area contributed by atoms with Crippen molar-refractivity contribution in [2.75, 3.05) is 6.54 Å². The molecule has 0 saturated heterocycles. The molecule has 1 aliphatic carbocycles. The van der Waals surface area contributed by atoms with Crippen molar-refractivity contribution in [2.24, 2.45) is 0 Å². The van der Waals surface area contributed by atoms with E-state index in [2.05, 4.69) is 5.32 Å².